The molecule has 2 N–H and O–H groups in total. The molecule has 0 bridgehead atoms. The molecule has 7 aromatic carbocycles. The second-order valence-electron chi connectivity index (χ2n) is 15.3. The zero-order chi connectivity index (χ0) is 47.0. The number of allylic oxidation sites excluding steroid dienone is 4. The molecule has 12 nitrogen and oxygen atoms in total. The number of carbonyl (C=O) groups is 4. The number of carbonyl (C=O) groups excluding carboxylic acids is 2. The highest BCUT2D eigenvalue weighted by Crippen LogP contribution is 2.39. The van der Waals surface area contributed by atoms with E-state index in [9.17, 15) is 29.4 Å². The average molecular weight is 893 g/mol. The fourth-order valence-electron chi connectivity index (χ4n) is 7.71. The summed E-state index contributed by atoms with van der Waals surface area (Å²) in [6, 6.07) is 61.5. The first-order chi connectivity index (χ1) is 33.2. The summed E-state index contributed by atoms with van der Waals surface area (Å²) in [4.78, 5) is 54.7. The maximum Gasteiger partial charge on any atom is 0.357 e. The third-order valence-corrected chi connectivity index (χ3v) is 11.0. The van der Waals surface area contributed by atoms with Crippen molar-refractivity contribution in [3.63, 3.8) is 0 Å². The summed E-state index contributed by atoms with van der Waals surface area (Å²) in [7, 11) is 0. The monoisotopic (exact) mass is 892 g/mol. The smallest absolute Gasteiger partial charge is 0.357 e. The fourth-order valence-corrected chi connectivity index (χ4v) is 7.71. The van der Waals surface area contributed by atoms with E-state index in [4.69, 9.17) is 0 Å². The van der Waals surface area contributed by atoms with Gasteiger partial charge < -0.3 is 20.0 Å². The lowest BCUT2D eigenvalue weighted by Gasteiger charge is -2.28. The number of carboxylic acid groups (broad SMARTS) is 2. The second-order valence-corrected chi connectivity index (χ2v) is 15.3. The van der Waals surface area contributed by atoms with Crippen LogP contribution >= 0.6 is 0 Å². The van der Waals surface area contributed by atoms with Crippen molar-refractivity contribution < 1.29 is 29.4 Å². The minimum atomic E-state index is -1.29. The van der Waals surface area contributed by atoms with E-state index in [1.54, 1.807) is 85.0 Å². The number of rotatable bonds is 14. The molecule has 0 saturated heterocycles. The molecule has 330 valence electrons. The van der Waals surface area contributed by atoms with Crippen LogP contribution in [0.15, 0.2) is 240 Å². The Balaban J connectivity index is 0.946. The molecule has 0 fully saturated rings. The summed E-state index contributed by atoms with van der Waals surface area (Å²) < 4.78 is 0. The van der Waals surface area contributed by atoms with E-state index < -0.39 is 23.8 Å². The fraction of sp³-hybridized carbons (Fsp3) is 0. The summed E-state index contributed by atoms with van der Waals surface area (Å²) in [5, 5.41) is 30.0. The summed E-state index contributed by atoms with van der Waals surface area (Å²) in [5.74, 6) is -3.62. The van der Waals surface area contributed by atoms with Crippen LogP contribution in [0.1, 0.15) is 11.1 Å². The SMILES string of the molecule is O=C(O)C1=NN(c2ccccc2)C(=O)/C1=C\C=C\c1ccc(N(c2ccccc2)c2ccc(N(c3ccccc3)c3ccc(/C=C/C=C4/C(=O)N(c5ccccc5)N=C4C(=O)O)cc3)cc2)cc1. The van der Waals surface area contributed by atoms with Gasteiger partial charge in [-0.1, -0.05) is 121 Å². The molecule has 2 amide bonds. The van der Waals surface area contributed by atoms with Gasteiger partial charge in [-0.25, -0.2) is 9.59 Å². The van der Waals surface area contributed by atoms with Gasteiger partial charge in [-0.2, -0.15) is 20.2 Å². The Morgan fingerprint density at radius 1 is 0.397 bits per heavy atom. The van der Waals surface area contributed by atoms with Gasteiger partial charge in [-0.15, -0.1) is 0 Å². The van der Waals surface area contributed by atoms with Gasteiger partial charge in [0, 0.05) is 34.1 Å². The Kier molecular flexibility index (Phi) is 12.6. The van der Waals surface area contributed by atoms with Crippen molar-refractivity contribution in [2.75, 3.05) is 19.8 Å². The van der Waals surface area contributed by atoms with Crippen molar-refractivity contribution in [3.05, 3.63) is 241 Å². The van der Waals surface area contributed by atoms with Crippen LogP contribution in [0.4, 0.5) is 45.5 Å². The summed E-state index contributed by atoms with van der Waals surface area (Å²) in [5.41, 5.74) is 7.51. The molecule has 0 aromatic heterocycles. The first-order valence-electron chi connectivity index (χ1n) is 21.4. The van der Waals surface area contributed by atoms with Crippen LogP contribution in [0.25, 0.3) is 12.2 Å². The minimum absolute atomic E-state index is 0.0120. The predicted octanol–water partition coefficient (Wildman–Crippen LogP) is 11.5. The Bertz CT molecular complexity index is 2970. The highest BCUT2D eigenvalue weighted by molar-refractivity contribution is 6.53. The molecule has 0 radical (unpaired) electrons. The van der Waals surface area contributed by atoms with Gasteiger partial charge in [-0.3, -0.25) is 9.59 Å². The lowest BCUT2D eigenvalue weighted by Crippen LogP contribution is -2.22. The third kappa shape index (κ3) is 9.27. The number of aliphatic carboxylic acids is 2. The lowest BCUT2D eigenvalue weighted by molar-refractivity contribution is -0.130. The van der Waals surface area contributed by atoms with Gasteiger partial charge >= 0.3 is 11.9 Å². The molecule has 68 heavy (non-hydrogen) atoms. The molecule has 9 rings (SSSR count). The maximum absolute atomic E-state index is 13.2. The van der Waals surface area contributed by atoms with Crippen molar-refractivity contribution in [2.45, 2.75) is 0 Å². The van der Waals surface area contributed by atoms with Crippen molar-refractivity contribution >= 4 is 92.8 Å². The molecule has 0 atom stereocenters. The van der Waals surface area contributed by atoms with Crippen LogP contribution in [0.3, 0.4) is 0 Å². The molecule has 0 unspecified atom stereocenters. The van der Waals surface area contributed by atoms with Crippen molar-refractivity contribution in [1.29, 1.82) is 0 Å². The highest BCUT2D eigenvalue weighted by atomic mass is 16.4. The number of para-hydroxylation sites is 4. The largest absolute Gasteiger partial charge is 0.476 e. The number of amides is 2. The van der Waals surface area contributed by atoms with Crippen LogP contribution in [-0.4, -0.2) is 45.4 Å². The number of nitrogens with zero attached hydrogens (tertiary/aromatic N) is 6. The predicted molar refractivity (Wildman–Crippen MR) is 268 cm³/mol. The summed E-state index contributed by atoms with van der Waals surface area (Å²) in [6.45, 7) is 0. The molecular weight excluding hydrogens is 853 g/mol. The van der Waals surface area contributed by atoms with E-state index in [0.717, 1.165) is 55.3 Å². The average Bonchev–Trinajstić information content (AvgIpc) is 3.89. The van der Waals surface area contributed by atoms with E-state index >= 15 is 0 Å². The van der Waals surface area contributed by atoms with Crippen LogP contribution in [-0.2, 0) is 19.2 Å². The highest BCUT2D eigenvalue weighted by Gasteiger charge is 2.36. The van der Waals surface area contributed by atoms with E-state index in [2.05, 4.69) is 44.3 Å². The van der Waals surface area contributed by atoms with Gasteiger partial charge in [0.1, 0.15) is 0 Å². The molecule has 12 heteroatoms. The molecule has 2 aliphatic rings. The van der Waals surface area contributed by atoms with Crippen molar-refractivity contribution in [3.8, 4) is 0 Å². The van der Waals surface area contributed by atoms with Crippen LogP contribution in [0, 0.1) is 0 Å². The van der Waals surface area contributed by atoms with Gasteiger partial charge in [-0.05, 0) is 120 Å². The Labute approximate surface area is 391 Å². The van der Waals surface area contributed by atoms with Crippen molar-refractivity contribution in [2.24, 2.45) is 10.2 Å². The van der Waals surface area contributed by atoms with Gasteiger partial charge in [0.25, 0.3) is 11.8 Å². The van der Waals surface area contributed by atoms with E-state index in [0.29, 0.717) is 11.4 Å². The normalized spacial score (nSPS) is 14.8. The second kappa shape index (κ2) is 19.6. The lowest BCUT2D eigenvalue weighted by atomic mass is 10.1. The molecular formula is C56H40N6O6. The first kappa shape index (κ1) is 43.6. The van der Waals surface area contributed by atoms with E-state index in [1.165, 1.54) is 12.2 Å². The molecule has 0 aliphatic carbocycles. The number of hydrazone groups is 2. The van der Waals surface area contributed by atoms with E-state index in [-0.39, 0.29) is 22.6 Å². The van der Waals surface area contributed by atoms with Crippen LogP contribution in [0.2, 0.25) is 0 Å². The molecule has 2 aliphatic heterocycles. The number of anilines is 8. The number of benzene rings is 7. The topological polar surface area (TPSA) is 146 Å². The molecule has 2 heterocycles. The molecule has 0 spiro atoms. The number of hydrogen-bond acceptors (Lipinski definition) is 8. The summed E-state index contributed by atoms with van der Waals surface area (Å²) in [6.07, 6.45) is 9.86. The number of hydrogen-bond donors (Lipinski definition) is 2. The van der Waals surface area contributed by atoms with Gasteiger partial charge in [0.2, 0.25) is 0 Å². The first-order valence-corrected chi connectivity index (χ1v) is 21.4. The standard InChI is InChI=1S/C56H40N6O6/c63-53-49(51(55(65)66)57-61(53)47-21-9-3-10-22-47)25-13-15-39-27-31-43(32-28-39)59(41-17-5-1-6-18-41)45-35-37-46(38-36-45)60(42-19-7-2-8-20-42)44-33-29-40(30-34-44)16-14-26-50-52(56(67)68)58-62(54(50)64)48-23-11-4-12-24-48/h1-38H,(H,65,66)(H,67,68)/b15-13+,16-14+,49-25-,50-26+. The Morgan fingerprint density at radius 2 is 0.676 bits per heavy atom. The van der Waals surface area contributed by atoms with Crippen LogP contribution in [0.5, 0.6) is 0 Å². The molecule has 7 aromatic rings. The zero-order valence-corrected chi connectivity index (χ0v) is 36.2. The van der Waals surface area contributed by atoms with Crippen molar-refractivity contribution in [1.82, 2.24) is 0 Å². The Hall–Kier alpha value is -9.68. The van der Waals surface area contributed by atoms with Crippen LogP contribution < -0.4 is 19.8 Å². The zero-order valence-electron chi connectivity index (χ0n) is 36.2. The quantitative estimate of drug-likeness (QED) is 0.103. The number of carboxylic acids is 2. The summed E-state index contributed by atoms with van der Waals surface area (Å²) >= 11 is 0. The minimum Gasteiger partial charge on any atom is -0.476 e. The Morgan fingerprint density at radius 3 is 0.985 bits per heavy atom. The maximum atomic E-state index is 13.2. The molecule has 0 saturated carbocycles. The van der Waals surface area contributed by atoms with Gasteiger partial charge in [0.05, 0.1) is 22.5 Å². The van der Waals surface area contributed by atoms with E-state index in [1.807, 2.05) is 109 Å². The van der Waals surface area contributed by atoms with Gasteiger partial charge in [0.15, 0.2) is 11.4 Å². The third-order valence-electron chi connectivity index (χ3n) is 11.0.